The average Bonchev–Trinajstić information content (AvgIpc) is 2.90. The standard InChI is InChI=1S/C29H40N4O5/c1-5-19(4)24(30)28(36)32-22(16-20-12-8-6-9-13-20)26(34)31-23(17-21-14-10-7-11-15-21)27(35)33-25(18(2)3)29(37)38/h6-15,18-19,22-25H,5,16-17,30H2,1-4H3,(H,31,34)(H,32,36)(H,33,35)(H,37,38). The first kappa shape index (κ1) is 30.5. The maximum absolute atomic E-state index is 13.5. The van der Waals surface area contributed by atoms with E-state index in [4.69, 9.17) is 5.73 Å². The number of carbonyl (C=O) groups excluding carboxylic acids is 3. The molecule has 0 fully saturated rings. The third kappa shape index (κ3) is 9.30. The number of carboxylic acid groups (broad SMARTS) is 1. The molecule has 0 radical (unpaired) electrons. The van der Waals surface area contributed by atoms with Crippen molar-refractivity contribution in [3.8, 4) is 0 Å². The van der Waals surface area contributed by atoms with Crippen molar-refractivity contribution in [3.05, 3.63) is 71.8 Å². The van der Waals surface area contributed by atoms with Gasteiger partial charge in [0.25, 0.3) is 0 Å². The highest BCUT2D eigenvalue weighted by Gasteiger charge is 2.32. The Hall–Kier alpha value is -3.72. The van der Waals surface area contributed by atoms with Gasteiger partial charge in [0.2, 0.25) is 17.7 Å². The summed E-state index contributed by atoms with van der Waals surface area (Å²) in [5, 5.41) is 17.6. The highest BCUT2D eigenvalue weighted by Crippen LogP contribution is 2.10. The van der Waals surface area contributed by atoms with Gasteiger partial charge in [-0.25, -0.2) is 4.79 Å². The number of hydrogen-bond donors (Lipinski definition) is 5. The predicted molar refractivity (Wildman–Crippen MR) is 146 cm³/mol. The van der Waals surface area contributed by atoms with Crippen molar-refractivity contribution in [1.29, 1.82) is 0 Å². The fourth-order valence-electron chi connectivity index (χ4n) is 3.94. The van der Waals surface area contributed by atoms with Gasteiger partial charge in [-0.3, -0.25) is 14.4 Å². The first-order chi connectivity index (χ1) is 18.0. The van der Waals surface area contributed by atoms with Crippen molar-refractivity contribution < 1.29 is 24.3 Å². The smallest absolute Gasteiger partial charge is 0.326 e. The van der Waals surface area contributed by atoms with Crippen LogP contribution in [0.5, 0.6) is 0 Å². The Balaban J connectivity index is 2.31. The minimum absolute atomic E-state index is 0.0870. The minimum atomic E-state index is -1.16. The molecule has 0 bridgehead atoms. The largest absolute Gasteiger partial charge is 0.480 e. The number of aliphatic carboxylic acids is 1. The molecular weight excluding hydrogens is 484 g/mol. The van der Waals surface area contributed by atoms with Crippen LogP contribution in [0.2, 0.25) is 0 Å². The molecule has 6 N–H and O–H groups in total. The summed E-state index contributed by atoms with van der Waals surface area (Å²) in [6, 6.07) is 14.3. The van der Waals surface area contributed by atoms with Crippen LogP contribution < -0.4 is 21.7 Å². The van der Waals surface area contributed by atoms with E-state index in [2.05, 4.69) is 16.0 Å². The lowest BCUT2D eigenvalue weighted by Gasteiger charge is -2.27. The molecular formula is C29H40N4O5. The van der Waals surface area contributed by atoms with Gasteiger partial charge >= 0.3 is 5.97 Å². The van der Waals surface area contributed by atoms with E-state index in [-0.39, 0.29) is 24.7 Å². The molecule has 5 atom stereocenters. The van der Waals surface area contributed by atoms with Crippen molar-refractivity contribution in [3.63, 3.8) is 0 Å². The topological polar surface area (TPSA) is 151 Å². The summed E-state index contributed by atoms with van der Waals surface area (Å²) < 4.78 is 0. The van der Waals surface area contributed by atoms with Crippen LogP contribution >= 0.6 is 0 Å². The fourth-order valence-corrected chi connectivity index (χ4v) is 3.94. The quantitative estimate of drug-likeness (QED) is 0.255. The van der Waals surface area contributed by atoms with Crippen molar-refractivity contribution in [2.75, 3.05) is 0 Å². The van der Waals surface area contributed by atoms with E-state index < -0.39 is 47.9 Å². The van der Waals surface area contributed by atoms with E-state index in [1.165, 1.54) is 0 Å². The van der Waals surface area contributed by atoms with Crippen LogP contribution in [0.1, 0.15) is 45.2 Å². The number of nitrogens with one attached hydrogen (secondary N) is 3. The molecule has 206 valence electrons. The summed E-state index contributed by atoms with van der Waals surface area (Å²) in [7, 11) is 0. The molecule has 0 heterocycles. The monoisotopic (exact) mass is 524 g/mol. The second-order valence-corrected chi connectivity index (χ2v) is 9.98. The molecule has 0 aliphatic carbocycles. The molecule has 2 rings (SSSR count). The van der Waals surface area contributed by atoms with Crippen LogP contribution in [-0.2, 0) is 32.0 Å². The van der Waals surface area contributed by atoms with Crippen molar-refractivity contribution >= 4 is 23.7 Å². The Morgan fingerprint density at radius 2 is 1.16 bits per heavy atom. The van der Waals surface area contributed by atoms with Gasteiger partial charge < -0.3 is 26.8 Å². The molecule has 0 saturated heterocycles. The molecule has 3 amide bonds. The summed E-state index contributed by atoms with van der Waals surface area (Å²) in [5.74, 6) is -3.25. The van der Waals surface area contributed by atoms with Gasteiger partial charge in [-0.05, 0) is 23.0 Å². The van der Waals surface area contributed by atoms with Crippen LogP contribution in [0.25, 0.3) is 0 Å². The molecule has 2 aromatic carbocycles. The van der Waals surface area contributed by atoms with Gasteiger partial charge in [0, 0.05) is 12.8 Å². The first-order valence-electron chi connectivity index (χ1n) is 13.0. The van der Waals surface area contributed by atoms with Crippen LogP contribution in [0.15, 0.2) is 60.7 Å². The Morgan fingerprint density at radius 3 is 1.55 bits per heavy atom. The third-order valence-electron chi connectivity index (χ3n) is 6.62. The summed E-state index contributed by atoms with van der Waals surface area (Å²) in [6.07, 6.45) is 1.03. The molecule has 9 nitrogen and oxygen atoms in total. The third-order valence-corrected chi connectivity index (χ3v) is 6.62. The molecule has 0 aliphatic rings. The Morgan fingerprint density at radius 1 is 0.737 bits per heavy atom. The van der Waals surface area contributed by atoms with E-state index in [0.29, 0.717) is 6.42 Å². The first-order valence-corrected chi connectivity index (χ1v) is 13.0. The molecule has 0 aliphatic heterocycles. The number of rotatable bonds is 14. The van der Waals surface area contributed by atoms with E-state index >= 15 is 0 Å². The Bertz CT molecular complexity index is 1060. The zero-order valence-corrected chi connectivity index (χ0v) is 22.5. The number of nitrogens with two attached hydrogens (primary N) is 1. The Kier molecular flexibility index (Phi) is 11.9. The van der Waals surface area contributed by atoms with Crippen molar-refractivity contribution in [1.82, 2.24) is 16.0 Å². The summed E-state index contributed by atoms with van der Waals surface area (Å²) in [4.78, 5) is 51.4. The van der Waals surface area contributed by atoms with Gasteiger partial charge in [0.15, 0.2) is 0 Å². The normalized spacial score (nSPS) is 15.0. The number of benzene rings is 2. The molecule has 9 heteroatoms. The van der Waals surface area contributed by atoms with E-state index in [0.717, 1.165) is 11.1 Å². The maximum atomic E-state index is 13.5. The number of carbonyl (C=O) groups is 4. The second kappa shape index (κ2) is 14.9. The zero-order valence-electron chi connectivity index (χ0n) is 22.5. The van der Waals surface area contributed by atoms with Gasteiger partial charge in [-0.1, -0.05) is 94.8 Å². The molecule has 38 heavy (non-hydrogen) atoms. The summed E-state index contributed by atoms with van der Waals surface area (Å²) in [6.45, 7) is 7.18. The van der Waals surface area contributed by atoms with Gasteiger partial charge in [0.05, 0.1) is 6.04 Å². The van der Waals surface area contributed by atoms with Gasteiger partial charge in [-0.15, -0.1) is 0 Å². The minimum Gasteiger partial charge on any atom is -0.480 e. The fraction of sp³-hybridized carbons (Fsp3) is 0.448. The van der Waals surface area contributed by atoms with Crippen molar-refractivity contribution in [2.45, 2.75) is 71.1 Å². The Labute approximate surface area is 224 Å². The number of amides is 3. The molecule has 0 saturated carbocycles. The SMILES string of the molecule is CCC(C)C(N)C(=O)NC(Cc1ccccc1)C(=O)NC(Cc1ccccc1)C(=O)NC(C(=O)O)C(C)C. The molecule has 0 spiro atoms. The molecule has 2 aromatic rings. The molecule has 5 unspecified atom stereocenters. The van der Waals surface area contributed by atoms with Crippen molar-refractivity contribution in [2.24, 2.45) is 17.6 Å². The second-order valence-electron chi connectivity index (χ2n) is 9.98. The van der Waals surface area contributed by atoms with E-state index in [9.17, 15) is 24.3 Å². The summed E-state index contributed by atoms with van der Waals surface area (Å²) >= 11 is 0. The lowest BCUT2D eigenvalue weighted by molar-refractivity contribution is -0.143. The van der Waals surface area contributed by atoms with Gasteiger partial charge in [0.1, 0.15) is 18.1 Å². The zero-order chi connectivity index (χ0) is 28.2. The van der Waals surface area contributed by atoms with Gasteiger partial charge in [-0.2, -0.15) is 0 Å². The predicted octanol–water partition coefficient (Wildman–Crippen LogP) is 2.04. The van der Waals surface area contributed by atoms with Crippen LogP contribution in [0.3, 0.4) is 0 Å². The average molecular weight is 525 g/mol. The highest BCUT2D eigenvalue weighted by molar-refractivity contribution is 5.94. The van der Waals surface area contributed by atoms with E-state index in [1.54, 1.807) is 13.8 Å². The van der Waals surface area contributed by atoms with Crippen LogP contribution in [0, 0.1) is 11.8 Å². The summed E-state index contributed by atoms with van der Waals surface area (Å²) in [5.41, 5.74) is 7.72. The highest BCUT2D eigenvalue weighted by atomic mass is 16.4. The number of carboxylic acids is 1. The van der Waals surface area contributed by atoms with Crippen LogP contribution in [-0.4, -0.2) is 53.0 Å². The lowest BCUT2D eigenvalue weighted by atomic mass is 9.98. The number of hydrogen-bond acceptors (Lipinski definition) is 5. The van der Waals surface area contributed by atoms with E-state index in [1.807, 2.05) is 74.5 Å². The molecule has 0 aromatic heterocycles. The van der Waals surface area contributed by atoms with Crippen LogP contribution in [0.4, 0.5) is 0 Å². The maximum Gasteiger partial charge on any atom is 0.326 e. The lowest BCUT2D eigenvalue weighted by Crippen LogP contribution is -2.59.